The van der Waals surface area contributed by atoms with Gasteiger partial charge < -0.3 is 4.74 Å². The molecule has 6 nitrogen and oxygen atoms in total. The molecule has 0 N–H and O–H groups in total. The Morgan fingerprint density at radius 3 is 2.79 bits per heavy atom. The van der Waals surface area contributed by atoms with Gasteiger partial charge in [0.15, 0.2) is 0 Å². The van der Waals surface area contributed by atoms with E-state index in [0.717, 1.165) is 28.6 Å². The first kappa shape index (κ1) is 14.4. The standard InChI is InChI=1S/C11H15NO5S2/c1-8-7-18-9(11(13)16-2)10(8)19(14,15)12-5-3-4-6-17-12/h7H,3-6H2,1-2H3. The van der Waals surface area contributed by atoms with Crippen LogP contribution in [0.15, 0.2) is 10.3 Å². The molecule has 0 spiro atoms. The average Bonchev–Trinajstić information content (AvgIpc) is 2.81. The second kappa shape index (κ2) is 5.58. The number of thiophene rings is 1. The number of methoxy groups -OCH3 is 1. The van der Waals surface area contributed by atoms with Crippen LogP contribution in [0.3, 0.4) is 0 Å². The Kier molecular flexibility index (Phi) is 4.24. The van der Waals surface area contributed by atoms with Crippen LogP contribution in [0.4, 0.5) is 0 Å². The fourth-order valence-corrected chi connectivity index (χ4v) is 4.82. The van der Waals surface area contributed by atoms with Crippen LogP contribution in [0.1, 0.15) is 28.1 Å². The third-order valence-electron chi connectivity index (χ3n) is 2.79. The quantitative estimate of drug-likeness (QED) is 0.792. The largest absolute Gasteiger partial charge is 0.465 e. The van der Waals surface area contributed by atoms with E-state index in [4.69, 9.17) is 4.84 Å². The molecular formula is C11H15NO5S2. The zero-order chi connectivity index (χ0) is 14.0. The number of sulfonamides is 1. The van der Waals surface area contributed by atoms with Crippen LogP contribution in [-0.2, 0) is 19.6 Å². The summed E-state index contributed by atoms with van der Waals surface area (Å²) in [5.74, 6) is -0.645. The van der Waals surface area contributed by atoms with Crippen molar-refractivity contribution in [2.24, 2.45) is 0 Å². The van der Waals surface area contributed by atoms with Crippen LogP contribution in [0.2, 0.25) is 0 Å². The van der Waals surface area contributed by atoms with Gasteiger partial charge in [0.05, 0.1) is 13.7 Å². The molecule has 1 aliphatic rings. The summed E-state index contributed by atoms with van der Waals surface area (Å²) in [5, 5.41) is 1.63. The Morgan fingerprint density at radius 1 is 1.47 bits per heavy atom. The van der Waals surface area contributed by atoms with Gasteiger partial charge in [-0.1, -0.05) is 4.47 Å². The Bertz CT molecular complexity index is 572. The van der Waals surface area contributed by atoms with Crippen LogP contribution < -0.4 is 0 Å². The zero-order valence-corrected chi connectivity index (χ0v) is 12.3. The number of aryl methyl sites for hydroxylation is 1. The van der Waals surface area contributed by atoms with Crippen LogP contribution in [-0.4, -0.2) is 39.1 Å². The van der Waals surface area contributed by atoms with Gasteiger partial charge in [0.25, 0.3) is 10.0 Å². The number of carbonyl (C=O) groups is 1. The lowest BCUT2D eigenvalue weighted by Gasteiger charge is -2.25. The van der Waals surface area contributed by atoms with E-state index in [1.807, 2.05) is 0 Å². The second-order valence-electron chi connectivity index (χ2n) is 4.14. The maximum absolute atomic E-state index is 12.5. The fraction of sp³-hybridized carbons (Fsp3) is 0.545. The molecule has 1 aromatic heterocycles. The summed E-state index contributed by atoms with van der Waals surface area (Å²) in [5.41, 5.74) is 0.527. The summed E-state index contributed by atoms with van der Waals surface area (Å²) in [6.07, 6.45) is 1.58. The van der Waals surface area contributed by atoms with Crippen molar-refractivity contribution >= 4 is 27.3 Å². The van der Waals surface area contributed by atoms with Gasteiger partial charge in [0.1, 0.15) is 9.77 Å². The summed E-state index contributed by atoms with van der Waals surface area (Å²) in [7, 11) is -2.59. The van der Waals surface area contributed by atoms with Gasteiger partial charge in [-0.2, -0.15) is 0 Å². The molecule has 106 valence electrons. The molecule has 0 aliphatic carbocycles. The topological polar surface area (TPSA) is 72.9 Å². The summed E-state index contributed by atoms with van der Waals surface area (Å²) < 4.78 is 30.6. The SMILES string of the molecule is COC(=O)c1scc(C)c1S(=O)(=O)N1CCCCO1. The van der Waals surface area contributed by atoms with Crippen molar-refractivity contribution in [3.05, 3.63) is 15.8 Å². The molecule has 0 radical (unpaired) electrons. The lowest BCUT2D eigenvalue weighted by molar-refractivity contribution is -0.108. The number of esters is 1. The molecule has 8 heteroatoms. The number of hydroxylamine groups is 1. The highest BCUT2D eigenvalue weighted by Crippen LogP contribution is 2.31. The van der Waals surface area contributed by atoms with E-state index < -0.39 is 16.0 Å². The molecule has 0 saturated carbocycles. The summed E-state index contributed by atoms with van der Waals surface area (Å²) in [4.78, 5) is 16.9. The highest BCUT2D eigenvalue weighted by atomic mass is 32.2. The highest BCUT2D eigenvalue weighted by Gasteiger charge is 2.34. The highest BCUT2D eigenvalue weighted by molar-refractivity contribution is 7.89. The minimum Gasteiger partial charge on any atom is -0.465 e. The van der Waals surface area contributed by atoms with E-state index in [0.29, 0.717) is 18.7 Å². The van der Waals surface area contributed by atoms with E-state index in [1.165, 1.54) is 7.11 Å². The first-order chi connectivity index (χ1) is 8.98. The zero-order valence-electron chi connectivity index (χ0n) is 10.7. The van der Waals surface area contributed by atoms with Crippen LogP contribution in [0.5, 0.6) is 0 Å². The average molecular weight is 305 g/mol. The molecule has 2 rings (SSSR count). The molecule has 1 fully saturated rings. The molecular weight excluding hydrogens is 290 g/mol. The van der Waals surface area contributed by atoms with Crippen LogP contribution >= 0.6 is 11.3 Å². The van der Waals surface area contributed by atoms with Gasteiger partial charge in [0.2, 0.25) is 0 Å². The van der Waals surface area contributed by atoms with Gasteiger partial charge in [-0.05, 0) is 30.7 Å². The third kappa shape index (κ3) is 2.66. The summed E-state index contributed by atoms with van der Waals surface area (Å²) >= 11 is 1.06. The van der Waals surface area contributed by atoms with Crippen molar-refractivity contribution in [3.8, 4) is 0 Å². The number of rotatable bonds is 3. The molecule has 1 aromatic rings. The van der Waals surface area contributed by atoms with Crippen molar-refractivity contribution in [1.82, 2.24) is 4.47 Å². The Balaban J connectivity index is 2.45. The number of carbonyl (C=O) groups excluding carboxylic acids is 1. The monoisotopic (exact) mass is 305 g/mol. The molecule has 1 aliphatic heterocycles. The Hall–Kier alpha value is -0.960. The van der Waals surface area contributed by atoms with Gasteiger partial charge in [-0.3, -0.25) is 4.84 Å². The minimum absolute atomic E-state index is 0.00810. The Labute approximate surface area is 115 Å². The lowest BCUT2D eigenvalue weighted by Crippen LogP contribution is -2.36. The molecule has 0 aromatic carbocycles. The summed E-state index contributed by atoms with van der Waals surface area (Å²) in [6.45, 7) is 2.33. The summed E-state index contributed by atoms with van der Waals surface area (Å²) in [6, 6.07) is 0. The van der Waals surface area contributed by atoms with Gasteiger partial charge >= 0.3 is 5.97 Å². The smallest absolute Gasteiger partial charge is 0.349 e. The van der Waals surface area contributed by atoms with Crippen molar-refractivity contribution in [2.45, 2.75) is 24.7 Å². The van der Waals surface area contributed by atoms with Gasteiger partial charge in [-0.15, -0.1) is 11.3 Å². The maximum atomic E-state index is 12.5. The minimum atomic E-state index is -3.81. The van der Waals surface area contributed by atoms with Crippen molar-refractivity contribution in [2.75, 3.05) is 20.3 Å². The van der Waals surface area contributed by atoms with Crippen molar-refractivity contribution in [3.63, 3.8) is 0 Å². The third-order valence-corrected chi connectivity index (χ3v) is 5.86. The molecule has 0 amide bonds. The van der Waals surface area contributed by atoms with E-state index in [1.54, 1.807) is 12.3 Å². The van der Waals surface area contributed by atoms with E-state index >= 15 is 0 Å². The molecule has 1 saturated heterocycles. The number of nitrogens with zero attached hydrogens (tertiary/aromatic N) is 1. The normalized spacial score (nSPS) is 17.4. The van der Waals surface area contributed by atoms with E-state index in [9.17, 15) is 13.2 Å². The number of hydrogen-bond acceptors (Lipinski definition) is 6. The van der Waals surface area contributed by atoms with E-state index in [-0.39, 0.29) is 9.77 Å². The van der Waals surface area contributed by atoms with E-state index in [2.05, 4.69) is 4.74 Å². The molecule has 0 atom stereocenters. The molecule has 0 unspecified atom stereocenters. The predicted octanol–water partition coefficient (Wildman–Crippen LogP) is 1.56. The van der Waals surface area contributed by atoms with Gasteiger partial charge in [-0.25, -0.2) is 13.2 Å². The Morgan fingerprint density at radius 2 is 2.21 bits per heavy atom. The van der Waals surface area contributed by atoms with Crippen LogP contribution in [0.25, 0.3) is 0 Å². The molecule has 2 heterocycles. The fourth-order valence-electron chi connectivity index (χ4n) is 1.85. The molecule has 0 bridgehead atoms. The second-order valence-corrected chi connectivity index (χ2v) is 6.79. The van der Waals surface area contributed by atoms with Gasteiger partial charge in [0, 0.05) is 6.54 Å². The first-order valence-corrected chi connectivity index (χ1v) is 8.12. The van der Waals surface area contributed by atoms with Crippen LogP contribution in [0, 0.1) is 6.92 Å². The van der Waals surface area contributed by atoms with Crippen molar-refractivity contribution in [1.29, 1.82) is 0 Å². The number of hydrogen-bond donors (Lipinski definition) is 0. The number of ether oxygens (including phenoxy) is 1. The predicted molar refractivity (Wildman–Crippen MR) is 69.5 cm³/mol. The molecule has 19 heavy (non-hydrogen) atoms. The van der Waals surface area contributed by atoms with Crippen molar-refractivity contribution < 1.29 is 22.8 Å². The lowest BCUT2D eigenvalue weighted by atomic mass is 10.3. The maximum Gasteiger partial charge on any atom is 0.349 e. The first-order valence-electron chi connectivity index (χ1n) is 5.80.